The maximum absolute atomic E-state index is 13.9. The number of nitrogens with one attached hydrogen (secondary N) is 2. The summed E-state index contributed by atoms with van der Waals surface area (Å²) in [6.07, 6.45) is 5.22. The molecule has 0 saturated carbocycles. The van der Waals surface area contributed by atoms with E-state index in [1.807, 2.05) is 50.2 Å². The van der Waals surface area contributed by atoms with Gasteiger partial charge in [0, 0.05) is 11.1 Å². The van der Waals surface area contributed by atoms with E-state index >= 15 is 0 Å². The van der Waals surface area contributed by atoms with Gasteiger partial charge in [-0.15, -0.1) is 11.3 Å². The fourth-order valence-electron chi connectivity index (χ4n) is 5.73. The number of carbonyl (C=O) groups is 2. The zero-order valence-corrected chi connectivity index (χ0v) is 24.5. The van der Waals surface area contributed by atoms with Crippen molar-refractivity contribution in [2.75, 3.05) is 11.9 Å². The molecular weight excluding hydrogens is 550 g/mol. The van der Waals surface area contributed by atoms with E-state index in [1.54, 1.807) is 23.8 Å². The highest BCUT2D eigenvalue weighted by molar-refractivity contribution is 7.17. The third kappa shape index (κ3) is 4.61. The second kappa shape index (κ2) is 11.0. The first kappa shape index (κ1) is 27.6. The topological polar surface area (TPSA) is 119 Å². The molecule has 0 aliphatic heterocycles. The highest BCUT2D eigenvalue weighted by Crippen LogP contribution is 2.39. The van der Waals surface area contributed by atoms with Crippen LogP contribution in [0.25, 0.3) is 16.7 Å². The standard InChI is InChI=1S/C32H31N5O4S/c1-4-41-32(40)25-21-14-8-9-15-24(21)42-30(25)35-29(38)22-17-23-28(34-27-18(2)11-10-16-36(27)31(23)39)37(26(22)33)19(3)20-12-6-5-7-13-20/h5-7,10-13,16-17,19,33H,4,8-9,14-15H2,1-3H3,(H,35,38). The van der Waals surface area contributed by atoms with Crippen LogP contribution in [0.5, 0.6) is 0 Å². The Labute approximate surface area is 245 Å². The Morgan fingerprint density at radius 2 is 1.88 bits per heavy atom. The zero-order valence-electron chi connectivity index (χ0n) is 23.7. The van der Waals surface area contributed by atoms with Crippen molar-refractivity contribution in [3.05, 3.63) is 103 Å². The van der Waals surface area contributed by atoms with Gasteiger partial charge in [0.05, 0.1) is 29.2 Å². The van der Waals surface area contributed by atoms with Gasteiger partial charge in [0.1, 0.15) is 21.8 Å². The molecule has 2 N–H and O–H groups in total. The Balaban J connectivity index is 1.56. The molecule has 4 heterocycles. The SMILES string of the molecule is CCOC(=O)c1c(NC(=O)c2cc3c(=O)n4cccc(C)c4nc3n(C(C)c3ccccc3)c2=N)sc2c1CCCC2. The maximum atomic E-state index is 13.9. The summed E-state index contributed by atoms with van der Waals surface area (Å²) < 4.78 is 8.45. The number of amides is 1. The van der Waals surface area contributed by atoms with Crippen molar-refractivity contribution in [1.29, 1.82) is 5.41 Å². The number of esters is 1. The van der Waals surface area contributed by atoms with Gasteiger partial charge in [0.2, 0.25) is 0 Å². The molecule has 1 unspecified atom stereocenters. The normalized spacial score (nSPS) is 13.6. The molecule has 4 aromatic heterocycles. The highest BCUT2D eigenvalue weighted by atomic mass is 32.1. The lowest BCUT2D eigenvalue weighted by Gasteiger charge is -2.21. The molecule has 1 amide bonds. The van der Waals surface area contributed by atoms with E-state index in [-0.39, 0.29) is 28.6 Å². The van der Waals surface area contributed by atoms with Crippen LogP contribution in [0.15, 0.2) is 59.5 Å². The monoisotopic (exact) mass is 581 g/mol. The summed E-state index contributed by atoms with van der Waals surface area (Å²) >= 11 is 1.38. The number of nitrogens with zero attached hydrogens (tertiary/aromatic N) is 3. The van der Waals surface area contributed by atoms with E-state index < -0.39 is 17.9 Å². The Kier molecular flexibility index (Phi) is 7.24. The minimum absolute atomic E-state index is 0.0120. The molecule has 0 radical (unpaired) electrons. The number of hydrogen-bond acceptors (Lipinski definition) is 7. The van der Waals surface area contributed by atoms with Gasteiger partial charge in [-0.05, 0) is 75.3 Å². The van der Waals surface area contributed by atoms with E-state index in [2.05, 4.69) is 5.32 Å². The number of fused-ring (bicyclic) bond motifs is 3. The van der Waals surface area contributed by atoms with Gasteiger partial charge < -0.3 is 14.6 Å². The summed E-state index contributed by atoms with van der Waals surface area (Å²) in [6, 6.07) is 14.3. The zero-order chi connectivity index (χ0) is 29.5. The molecule has 0 bridgehead atoms. The number of hydrogen-bond donors (Lipinski definition) is 2. The molecule has 1 aromatic carbocycles. The first-order chi connectivity index (χ1) is 20.3. The van der Waals surface area contributed by atoms with Gasteiger partial charge in [-0.25, -0.2) is 9.78 Å². The minimum atomic E-state index is -0.575. The van der Waals surface area contributed by atoms with Crippen LogP contribution < -0.4 is 16.4 Å². The number of ether oxygens (including phenoxy) is 1. The lowest BCUT2D eigenvalue weighted by atomic mass is 9.95. The van der Waals surface area contributed by atoms with Crippen LogP contribution in [0, 0.1) is 12.3 Å². The number of thiophene rings is 1. The molecule has 214 valence electrons. The Morgan fingerprint density at radius 3 is 2.64 bits per heavy atom. The Morgan fingerprint density at radius 1 is 1.12 bits per heavy atom. The predicted octanol–water partition coefficient (Wildman–Crippen LogP) is 5.42. The quantitative estimate of drug-likeness (QED) is 0.205. The first-order valence-corrected chi connectivity index (χ1v) is 14.9. The van der Waals surface area contributed by atoms with Crippen molar-refractivity contribution in [1.82, 2.24) is 14.0 Å². The number of rotatable bonds is 6. The smallest absolute Gasteiger partial charge is 0.341 e. The van der Waals surface area contributed by atoms with E-state index in [1.165, 1.54) is 21.8 Å². The van der Waals surface area contributed by atoms with Gasteiger partial charge in [0.15, 0.2) is 0 Å². The first-order valence-electron chi connectivity index (χ1n) is 14.1. The van der Waals surface area contributed by atoms with E-state index in [4.69, 9.17) is 9.72 Å². The van der Waals surface area contributed by atoms with E-state index in [9.17, 15) is 19.8 Å². The van der Waals surface area contributed by atoms with Crippen LogP contribution in [0.4, 0.5) is 5.00 Å². The van der Waals surface area contributed by atoms with Crippen molar-refractivity contribution in [3.63, 3.8) is 0 Å². The largest absolute Gasteiger partial charge is 0.462 e. The fraction of sp³-hybridized carbons (Fsp3) is 0.281. The number of benzene rings is 1. The van der Waals surface area contributed by atoms with Crippen molar-refractivity contribution in [3.8, 4) is 0 Å². The van der Waals surface area contributed by atoms with Gasteiger partial charge in [-0.1, -0.05) is 36.4 Å². The van der Waals surface area contributed by atoms with Gasteiger partial charge in [-0.3, -0.25) is 19.4 Å². The summed E-state index contributed by atoms with van der Waals surface area (Å²) in [6.45, 7) is 5.77. The molecule has 1 atom stereocenters. The number of pyridine rings is 2. The number of aromatic nitrogens is 3. The third-order valence-corrected chi connectivity index (χ3v) is 9.08. The molecule has 0 fully saturated rings. The third-order valence-electron chi connectivity index (χ3n) is 7.87. The average molecular weight is 582 g/mol. The van der Waals surface area contributed by atoms with Crippen molar-refractivity contribution in [2.45, 2.75) is 52.5 Å². The molecule has 5 aromatic rings. The van der Waals surface area contributed by atoms with Crippen LogP contribution in [0.1, 0.15) is 75.0 Å². The molecule has 1 aliphatic carbocycles. The Hall–Kier alpha value is -4.57. The van der Waals surface area contributed by atoms with E-state index in [0.29, 0.717) is 21.9 Å². The summed E-state index contributed by atoms with van der Waals surface area (Å²) in [7, 11) is 0. The number of aryl methyl sites for hydroxylation is 2. The lowest BCUT2D eigenvalue weighted by Crippen LogP contribution is -2.34. The number of anilines is 1. The molecule has 42 heavy (non-hydrogen) atoms. The fourth-order valence-corrected chi connectivity index (χ4v) is 7.01. The maximum Gasteiger partial charge on any atom is 0.341 e. The second-order valence-electron chi connectivity index (χ2n) is 10.5. The van der Waals surface area contributed by atoms with Crippen LogP contribution in [0.3, 0.4) is 0 Å². The minimum Gasteiger partial charge on any atom is -0.462 e. The summed E-state index contributed by atoms with van der Waals surface area (Å²) in [4.78, 5) is 46.7. The molecule has 0 spiro atoms. The van der Waals surface area contributed by atoms with Gasteiger partial charge in [0.25, 0.3) is 11.5 Å². The predicted molar refractivity (Wildman–Crippen MR) is 163 cm³/mol. The number of carbonyl (C=O) groups excluding carboxylic acids is 2. The lowest BCUT2D eigenvalue weighted by molar-refractivity contribution is 0.0526. The van der Waals surface area contributed by atoms with Crippen molar-refractivity contribution < 1.29 is 14.3 Å². The second-order valence-corrected chi connectivity index (χ2v) is 11.6. The van der Waals surface area contributed by atoms with Crippen LogP contribution in [-0.2, 0) is 17.6 Å². The van der Waals surface area contributed by atoms with E-state index in [0.717, 1.165) is 47.3 Å². The molecule has 6 rings (SSSR count). The molecule has 10 heteroatoms. The van der Waals surface area contributed by atoms with Crippen molar-refractivity contribution >= 4 is 44.9 Å². The summed E-state index contributed by atoms with van der Waals surface area (Å²) in [5.74, 6) is -1.04. The molecular formula is C32H31N5O4S. The molecule has 1 aliphatic rings. The van der Waals surface area contributed by atoms with Gasteiger partial charge in [-0.2, -0.15) is 0 Å². The molecule has 0 saturated heterocycles. The van der Waals surface area contributed by atoms with Crippen LogP contribution in [0.2, 0.25) is 0 Å². The van der Waals surface area contributed by atoms with Crippen molar-refractivity contribution in [2.24, 2.45) is 0 Å². The Bertz CT molecular complexity index is 1990. The summed E-state index contributed by atoms with van der Waals surface area (Å²) in [5, 5.41) is 12.8. The van der Waals surface area contributed by atoms with Crippen LogP contribution in [-0.4, -0.2) is 32.4 Å². The van der Waals surface area contributed by atoms with Crippen LogP contribution >= 0.6 is 11.3 Å². The average Bonchev–Trinajstić information content (AvgIpc) is 3.35. The highest BCUT2D eigenvalue weighted by Gasteiger charge is 2.29. The summed E-state index contributed by atoms with van der Waals surface area (Å²) in [5.41, 5.74) is 3.45. The van der Waals surface area contributed by atoms with Gasteiger partial charge >= 0.3 is 5.97 Å². The molecule has 9 nitrogen and oxygen atoms in total.